The lowest BCUT2D eigenvalue weighted by atomic mass is 9.99. The minimum atomic E-state index is 0.547. The fourth-order valence-corrected chi connectivity index (χ4v) is 2.43. The Kier molecular flexibility index (Phi) is 8.63. The van der Waals surface area contributed by atoms with E-state index in [0.717, 1.165) is 19.8 Å². The van der Waals surface area contributed by atoms with Gasteiger partial charge in [-0.15, -0.1) is 0 Å². The molecule has 2 nitrogen and oxygen atoms in total. The topological polar surface area (TPSA) is 21.3 Å². The van der Waals surface area contributed by atoms with E-state index in [0.29, 0.717) is 17.9 Å². The van der Waals surface area contributed by atoms with Crippen LogP contribution in [0.5, 0.6) is 0 Å². The van der Waals surface area contributed by atoms with Crippen LogP contribution >= 0.6 is 0 Å². The molecule has 0 radical (unpaired) electrons. The summed E-state index contributed by atoms with van der Waals surface area (Å²) >= 11 is 0. The van der Waals surface area contributed by atoms with E-state index in [2.05, 4.69) is 64.2 Å². The molecule has 1 aromatic carbocycles. The van der Waals surface area contributed by atoms with Gasteiger partial charge in [-0.25, -0.2) is 0 Å². The molecule has 1 N–H and O–H groups in total. The van der Waals surface area contributed by atoms with Crippen molar-refractivity contribution < 1.29 is 4.74 Å². The second-order valence-corrected chi connectivity index (χ2v) is 6.61. The first-order valence-corrected chi connectivity index (χ1v) is 8.42. The number of nitrogens with one attached hydrogen (secondary N) is 1. The van der Waals surface area contributed by atoms with E-state index in [1.165, 1.54) is 24.0 Å². The van der Waals surface area contributed by atoms with Crippen LogP contribution in [0.2, 0.25) is 0 Å². The number of ether oxygens (including phenoxy) is 1. The highest BCUT2D eigenvalue weighted by Gasteiger charge is 2.06. The first-order valence-electron chi connectivity index (χ1n) is 8.42. The van der Waals surface area contributed by atoms with Crippen molar-refractivity contribution in [2.24, 2.45) is 5.92 Å². The predicted octanol–water partition coefficient (Wildman–Crippen LogP) is 4.74. The standard InChI is InChI=1S/C19H33NO/c1-6-7-16(4)13-21-14-18-8-10-19(11-9-18)17(5)12-20-15(2)3/h8-11,15-17,20H,6-7,12-14H2,1-5H3. The van der Waals surface area contributed by atoms with Crippen molar-refractivity contribution in [1.82, 2.24) is 5.32 Å². The first-order chi connectivity index (χ1) is 10.0. The highest BCUT2D eigenvalue weighted by Crippen LogP contribution is 2.16. The molecule has 0 aliphatic rings. The fourth-order valence-electron chi connectivity index (χ4n) is 2.43. The van der Waals surface area contributed by atoms with E-state index < -0.39 is 0 Å². The molecule has 120 valence electrons. The van der Waals surface area contributed by atoms with Gasteiger partial charge in [-0.2, -0.15) is 0 Å². The predicted molar refractivity (Wildman–Crippen MR) is 91.7 cm³/mol. The molecule has 0 amide bonds. The Morgan fingerprint density at radius 2 is 1.71 bits per heavy atom. The van der Waals surface area contributed by atoms with Gasteiger partial charge >= 0.3 is 0 Å². The zero-order valence-corrected chi connectivity index (χ0v) is 14.5. The molecule has 0 fully saturated rings. The van der Waals surface area contributed by atoms with Gasteiger partial charge in [0.1, 0.15) is 0 Å². The lowest BCUT2D eigenvalue weighted by Crippen LogP contribution is -2.26. The molecule has 2 unspecified atom stereocenters. The van der Waals surface area contributed by atoms with Gasteiger partial charge in [-0.3, -0.25) is 0 Å². The van der Waals surface area contributed by atoms with Gasteiger partial charge < -0.3 is 10.1 Å². The number of benzene rings is 1. The van der Waals surface area contributed by atoms with Crippen LogP contribution in [0.15, 0.2) is 24.3 Å². The summed E-state index contributed by atoms with van der Waals surface area (Å²) in [6.07, 6.45) is 2.49. The molecule has 1 aromatic rings. The molecular formula is C19H33NO. The van der Waals surface area contributed by atoms with Crippen molar-refractivity contribution in [2.75, 3.05) is 13.2 Å². The van der Waals surface area contributed by atoms with Crippen molar-refractivity contribution in [2.45, 2.75) is 66.0 Å². The van der Waals surface area contributed by atoms with E-state index in [1.807, 2.05) is 0 Å². The normalized spacial score (nSPS) is 14.4. The molecule has 0 bridgehead atoms. The van der Waals surface area contributed by atoms with Crippen molar-refractivity contribution >= 4 is 0 Å². The molecule has 0 aromatic heterocycles. The van der Waals surface area contributed by atoms with Gasteiger partial charge in [0.05, 0.1) is 6.61 Å². The number of hydrogen-bond donors (Lipinski definition) is 1. The highest BCUT2D eigenvalue weighted by atomic mass is 16.5. The molecule has 0 aliphatic carbocycles. The highest BCUT2D eigenvalue weighted by molar-refractivity contribution is 5.24. The maximum absolute atomic E-state index is 5.80. The zero-order valence-electron chi connectivity index (χ0n) is 14.5. The first kappa shape index (κ1) is 18.2. The van der Waals surface area contributed by atoms with E-state index in [4.69, 9.17) is 4.74 Å². The second-order valence-electron chi connectivity index (χ2n) is 6.61. The summed E-state index contributed by atoms with van der Waals surface area (Å²) in [5, 5.41) is 3.49. The van der Waals surface area contributed by atoms with Gasteiger partial charge in [0, 0.05) is 19.2 Å². The van der Waals surface area contributed by atoms with Gasteiger partial charge in [-0.05, 0) is 29.4 Å². The summed E-state index contributed by atoms with van der Waals surface area (Å²) in [6, 6.07) is 9.42. The van der Waals surface area contributed by atoms with E-state index in [-0.39, 0.29) is 0 Å². The lowest BCUT2D eigenvalue weighted by Gasteiger charge is -2.16. The largest absolute Gasteiger partial charge is 0.376 e. The molecule has 0 saturated carbocycles. The molecule has 21 heavy (non-hydrogen) atoms. The third-order valence-electron chi connectivity index (χ3n) is 3.83. The van der Waals surface area contributed by atoms with E-state index in [9.17, 15) is 0 Å². The average Bonchev–Trinajstić information content (AvgIpc) is 2.45. The summed E-state index contributed by atoms with van der Waals surface area (Å²) < 4.78 is 5.80. The van der Waals surface area contributed by atoms with Gasteiger partial charge in [-0.1, -0.05) is 65.3 Å². The molecule has 2 atom stereocenters. The van der Waals surface area contributed by atoms with Gasteiger partial charge in [0.2, 0.25) is 0 Å². The molecule has 2 heteroatoms. The van der Waals surface area contributed by atoms with Crippen molar-refractivity contribution in [1.29, 1.82) is 0 Å². The minimum absolute atomic E-state index is 0.547. The van der Waals surface area contributed by atoms with Crippen molar-refractivity contribution in [3.05, 3.63) is 35.4 Å². The number of rotatable bonds is 10. The monoisotopic (exact) mass is 291 g/mol. The van der Waals surface area contributed by atoms with Crippen molar-refractivity contribution in [3.63, 3.8) is 0 Å². The molecular weight excluding hydrogens is 258 g/mol. The smallest absolute Gasteiger partial charge is 0.0717 e. The SMILES string of the molecule is CCCC(C)COCc1ccc(C(C)CNC(C)C)cc1. The van der Waals surface area contributed by atoms with Gasteiger partial charge in [0.25, 0.3) is 0 Å². The second kappa shape index (κ2) is 9.97. The maximum Gasteiger partial charge on any atom is 0.0717 e. The van der Waals surface area contributed by atoms with Crippen LogP contribution in [0, 0.1) is 5.92 Å². The Hall–Kier alpha value is -0.860. The summed E-state index contributed by atoms with van der Waals surface area (Å²) in [6.45, 7) is 13.8. The molecule has 0 spiro atoms. The molecule has 0 heterocycles. The zero-order chi connectivity index (χ0) is 15.7. The summed E-state index contributed by atoms with van der Waals surface area (Å²) in [7, 11) is 0. The fraction of sp³-hybridized carbons (Fsp3) is 0.684. The summed E-state index contributed by atoms with van der Waals surface area (Å²) in [5.41, 5.74) is 2.66. The average molecular weight is 291 g/mol. The van der Waals surface area contributed by atoms with Crippen LogP contribution in [-0.4, -0.2) is 19.2 Å². The van der Waals surface area contributed by atoms with Crippen LogP contribution in [0.25, 0.3) is 0 Å². The molecule has 0 aliphatic heterocycles. The quantitative estimate of drug-likeness (QED) is 0.672. The van der Waals surface area contributed by atoms with Crippen LogP contribution in [-0.2, 0) is 11.3 Å². The summed E-state index contributed by atoms with van der Waals surface area (Å²) in [4.78, 5) is 0. The van der Waals surface area contributed by atoms with Crippen molar-refractivity contribution in [3.8, 4) is 0 Å². The minimum Gasteiger partial charge on any atom is -0.376 e. The van der Waals surface area contributed by atoms with Crippen LogP contribution in [0.3, 0.4) is 0 Å². The molecule has 0 saturated heterocycles. The Labute approximate surface area is 131 Å². The molecule has 1 rings (SSSR count). The maximum atomic E-state index is 5.80. The van der Waals surface area contributed by atoms with E-state index >= 15 is 0 Å². The Morgan fingerprint density at radius 1 is 1.05 bits per heavy atom. The third kappa shape index (κ3) is 7.63. The van der Waals surface area contributed by atoms with Crippen LogP contribution in [0.1, 0.15) is 64.5 Å². The summed E-state index contributed by atoms with van der Waals surface area (Å²) in [5.74, 6) is 1.21. The Balaban J connectivity index is 2.36. The number of hydrogen-bond acceptors (Lipinski definition) is 2. The van der Waals surface area contributed by atoms with E-state index in [1.54, 1.807) is 0 Å². The lowest BCUT2D eigenvalue weighted by molar-refractivity contribution is 0.0893. The third-order valence-corrected chi connectivity index (χ3v) is 3.83. The van der Waals surface area contributed by atoms with Gasteiger partial charge in [0.15, 0.2) is 0 Å². The van der Waals surface area contributed by atoms with Crippen LogP contribution in [0.4, 0.5) is 0 Å². The Bertz CT molecular complexity index is 372. The van der Waals surface area contributed by atoms with Crippen LogP contribution < -0.4 is 5.32 Å². The Morgan fingerprint density at radius 3 is 2.29 bits per heavy atom.